The second kappa shape index (κ2) is 8.74. The standard InChI is InChI=1S/C23H29NO4/c1-16(2)3-5-18(19-6-8-21-23(12-19)28-15-26-21)9-10-24-13-17-4-7-20-22(11-17)27-14-25-20/h4,6-8,11-12,16,18,24H,3,5,9-10,13-15H2,1-2H3/p+1/t18-/m1/s1. The van der Waals surface area contributed by atoms with Gasteiger partial charge in [-0.3, -0.25) is 0 Å². The molecule has 0 aliphatic carbocycles. The van der Waals surface area contributed by atoms with Crippen LogP contribution in [0.3, 0.4) is 0 Å². The van der Waals surface area contributed by atoms with Crippen LogP contribution in [-0.2, 0) is 6.54 Å². The number of quaternary nitrogens is 1. The van der Waals surface area contributed by atoms with Gasteiger partial charge in [0.2, 0.25) is 13.6 Å². The SMILES string of the molecule is CC(C)CC[C@H](CC[NH2+]Cc1ccc2c(c1)OCO2)c1ccc2c(c1)OCO2. The van der Waals surface area contributed by atoms with Crippen LogP contribution in [0.15, 0.2) is 36.4 Å². The molecule has 0 spiro atoms. The van der Waals surface area contributed by atoms with Gasteiger partial charge in [0.1, 0.15) is 6.54 Å². The van der Waals surface area contributed by atoms with Crippen molar-refractivity contribution in [2.45, 2.75) is 45.6 Å². The van der Waals surface area contributed by atoms with Gasteiger partial charge in [0.25, 0.3) is 0 Å². The Hall–Kier alpha value is -2.40. The van der Waals surface area contributed by atoms with Crippen molar-refractivity contribution in [1.82, 2.24) is 0 Å². The Kier molecular flexibility index (Phi) is 5.91. The Morgan fingerprint density at radius 2 is 1.46 bits per heavy atom. The number of benzene rings is 2. The second-order valence-electron chi connectivity index (χ2n) is 8.04. The van der Waals surface area contributed by atoms with Gasteiger partial charge in [-0.25, -0.2) is 0 Å². The largest absolute Gasteiger partial charge is 0.454 e. The van der Waals surface area contributed by atoms with Crippen LogP contribution < -0.4 is 24.3 Å². The highest BCUT2D eigenvalue weighted by molar-refractivity contribution is 5.45. The Bertz CT molecular complexity index is 805. The zero-order chi connectivity index (χ0) is 19.3. The number of fused-ring (bicyclic) bond motifs is 2. The van der Waals surface area contributed by atoms with E-state index < -0.39 is 0 Å². The van der Waals surface area contributed by atoms with E-state index in [1.165, 1.54) is 24.0 Å². The summed E-state index contributed by atoms with van der Waals surface area (Å²) < 4.78 is 21.9. The monoisotopic (exact) mass is 384 g/mol. The van der Waals surface area contributed by atoms with Gasteiger partial charge in [-0.05, 0) is 54.2 Å². The van der Waals surface area contributed by atoms with Crippen molar-refractivity contribution in [2.24, 2.45) is 5.92 Å². The molecular formula is C23H30NO4+. The lowest BCUT2D eigenvalue weighted by Gasteiger charge is -2.18. The normalized spacial score (nSPS) is 15.2. The number of rotatable bonds is 9. The molecule has 0 saturated carbocycles. The molecule has 0 radical (unpaired) electrons. The van der Waals surface area contributed by atoms with E-state index in [-0.39, 0.29) is 0 Å². The van der Waals surface area contributed by atoms with Crippen molar-refractivity contribution in [1.29, 1.82) is 0 Å². The Morgan fingerprint density at radius 1 is 0.786 bits per heavy atom. The van der Waals surface area contributed by atoms with Gasteiger partial charge < -0.3 is 24.3 Å². The van der Waals surface area contributed by atoms with E-state index in [1.807, 2.05) is 6.07 Å². The Morgan fingerprint density at radius 3 is 2.21 bits per heavy atom. The minimum Gasteiger partial charge on any atom is -0.454 e. The van der Waals surface area contributed by atoms with Crippen LogP contribution in [0.5, 0.6) is 23.0 Å². The van der Waals surface area contributed by atoms with Crippen LogP contribution in [-0.4, -0.2) is 20.1 Å². The summed E-state index contributed by atoms with van der Waals surface area (Å²) in [7, 11) is 0. The lowest BCUT2D eigenvalue weighted by molar-refractivity contribution is -0.671. The van der Waals surface area contributed by atoms with Crippen molar-refractivity contribution < 1.29 is 24.3 Å². The minimum absolute atomic E-state index is 0.329. The maximum absolute atomic E-state index is 5.58. The zero-order valence-electron chi connectivity index (χ0n) is 16.8. The molecule has 5 nitrogen and oxygen atoms in total. The summed E-state index contributed by atoms with van der Waals surface area (Å²) in [5.41, 5.74) is 2.63. The number of nitrogens with two attached hydrogens (primary N) is 1. The number of ether oxygens (including phenoxy) is 4. The van der Waals surface area contributed by atoms with Crippen LogP contribution in [0.4, 0.5) is 0 Å². The van der Waals surface area contributed by atoms with Crippen molar-refractivity contribution in [3.05, 3.63) is 47.5 Å². The number of hydrogen-bond acceptors (Lipinski definition) is 4. The fourth-order valence-electron chi connectivity index (χ4n) is 3.83. The van der Waals surface area contributed by atoms with Crippen LogP contribution >= 0.6 is 0 Å². The first kappa shape index (κ1) is 18.9. The summed E-state index contributed by atoms with van der Waals surface area (Å²) in [5, 5.41) is 2.38. The molecule has 2 aromatic carbocycles. The average molecular weight is 384 g/mol. The van der Waals surface area contributed by atoms with Crippen molar-refractivity contribution in [2.75, 3.05) is 20.1 Å². The highest BCUT2D eigenvalue weighted by Gasteiger charge is 2.19. The third-order valence-electron chi connectivity index (χ3n) is 5.50. The van der Waals surface area contributed by atoms with Crippen molar-refractivity contribution in [3.63, 3.8) is 0 Å². The lowest BCUT2D eigenvalue weighted by atomic mass is 9.88. The lowest BCUT2D eigenvalue weighted by Crippen LogP contribution is -2.82. The molecule has 5 heteroatoms. The van der Waals surface area contributed by atoms with E-state index in [2.05, 4.69) is 49.5 Å². The quantitative estimate of drug-likeness (QED) is 0.668. The van der Waals surface area contributed by atoms with Crippen LogP contribution in [0, 0.1) is 5.92 Å². The Labute approximate surface area is 166 Å². The fourth-order valence-corrected chi connectivity index (χ4v) is 3.83. The molecule has 2 aliphatic heterocycles. The van der Waals surface area contributed by atoms with Crippen molar-refractivity contribution in [3.8, 4) is 23.0 Å². The molecule has 150 valence electrons. The molecule has 2 N–H and O–H groups in total. The molecule has 0 unspecified atom stereocenters. The predicted molar refractivity (Wildman–Crippen MR) is 107 cm³/mol. The van der Waals surface area contributed by atoms with E-state index in [1.54, 1.807) is 0 Å². The van der Waals surface area contributed by atoms with Crippen molar-refractivity contribution >= 4 is 0 Å². The topological polar surface area (TPSA) is 53.5 Å². The maximum atomic E-state index is 5.58. The summed E-state index contributed by atoms with van der Waals surface area (Å²) in [5.74, 6) is 4.72. The van der Waals surface area contributed by atoms with Gasteiger partial charge in [-0.15, -0.1) is 0 Å². The highest BCUT2D eigenvalue weighted by atomic mass is 16.7. The van der Waals surface area contributed by atoms with E-state index in [4.69, 9.17) is 18.9 Å². The van der Waals surface area contributed by atoms with E-state index in [0.717, 1.165) is 42.5 Å². The smallest absolute Gasteiger partial charge is 0.231 e. The summed E-state index contributed by atoms with van der Waals surface area (Å²) in [6.45, 7) is 7.29. The first-order chi connectivity index (χ1) is 13.7. The van der Waals surface area contributed by atoms with Crippen LogP contribution in [0.2, 0.25) is 0 Å². The third-order valence-corrected chi connectivity index (χ3v) is 5.50. The van der Waals surface area contributed by atoms with E-state index >= 15 is 0 Å². The van der Waals surface area contributed by atoms with Gasteiger partial charge in [-0.2, -0.15) is 0 Å². The second-order valence-corrected chi connectivity index (χ2v) is 8.04. The summed E-state index contributed by atoms with van der Waals surface area (Å²) in [6, 6.07) is 12.6. The molecule has 2 aliphatic rings. The fraction of sp³-hybridized carbons (Fsp3) is 0.478. The summed E-state index contributed by atoms with van der Waals surface area (Å²) >= 11 is 0. The van der Waals surface area contributed by atoms with Gasteiger partial charge in [0.05, 0.1) is 6.54 Å². The Balaban J connectivity index is 1.33. The number of hydrogen-bond donors (Lipinski definition) is 1. The average Bonchev–Trinajstić information content (AvgIpc) is 3.35. The molecule has 0 fully saturated rings. The van der Waals surface area contributed by atoms with Gasteiger partial charge in [0, 0.05) is 12.0 Å². The molecule has 2 aromatic rings. The minimum atomic E-state index is 0.329. The van der Waals surface area contributed by atoms with Crippen LogP contribution in [0.25, 0.3) is 0 Å². The maximum Gasteiger partial charge on any atom is 0.231 e. The van der Waals surface area contributed by atoms with E-state index in [9.17, 15) is 0 Å². The van der Waals surface area contributed by atoms with E-state index in [0.29, 0.717) is 25.4 Å². The first-order valence-electron chi connectivity index (χ1n) is 10.3. The summed E-state index contributed by atoms with van der Waals surface area (Å²) in [6.07, 6.45) is 3.59. The zero-order valence-corrected chi connectivity index (χ0v) is 16.8. The molecule has 4 rings (SSSR count). The first-order valence-corrected chi connectivity index (χ1v) is 10.3. The molecule has 2 heterocycles. The molecular weight excluding hydrogens is 354 g/mol. The predicted octanol–water partition coefficient (Wildman–Crippen LogP) is 3.82. The van der Waals surface area contributed by atoms with Gasteiger partial charge >= 0.3 is 0 Å². The molecule has 0 bridgehead atoms. The highest BCUT2D eigenvalue weighted by Crippen LogP contribution is 2.37. The molecule has 1 atom stereocenters. The molecule has 28 heavy (non-hydrogen) atoms. The molecule has 0 aromatic heterocycles. The molecule has 0 amide bonds. The van der Waals surface area contributed by atoms with Gasteiger partial charge in [-0.1, -0.05) is 26.3 Å². The van der Waals surface area contributed by atoms with Crippen LogP contribution in [0.1, 0.15) is 50.2 Å². The van der Waals surface area contributed by atoms with Gasteiger partial charge in [0.15, 0.2) is 23.0 Å². The summed E-state index contributed by atoms with van der Waals surface area (Å²) in [4.78, 5) is 0. The molecule has 0 saturated heterocycles. The third kappa shape index (κ3) is 4.53.